The molecule has 0 saturated heterocycles. The van der Waals surface area contributed by atoms with Gasteiger partial charge in [0.05, 0.1) is 18.6 Å². The molecule has 4 aliphatic rings. The van der Waals surface area contributed by atoms with Gasteiger partial charge in [-0.25, -0.2) is 0 Å². The van der Waals surface area contributed by atoms with E-state index < -0.39 is 75.3 Å². The Bertz CT molecular complexity index is 2330. The number of fused-ring (bicyclic) bond motifs is 5. The number of benzene rings is 4. The van der Waals surface area contributed by atoms with E-state index in [1.165, 1.54) is 6.92 Å². The van der Waals surface area contributed by atoms with Crippen molar-refractivity contribution in [1.29, 1.82) is 0 Å². The lowest BCUT2D eigenvalue weighted by Gasteiger charge is -2.53. The molecule has 11 nitrogen and oxygen atoms in total. The summed E-state index contributed by atoms with van der Waals surface area (Å²) in [5.41, 5.74) is 6.10. The van der Waals surface area contributed by atoms with Gasteiger partial charge < -0.3 is 24.4 Å². The van der Waals surface area contributed by atoms with Gasteiger partial charge in [-0.15, -0.1) is 0 Å². The number of nitrogens with zero attached hydrogens (tertiary/aromatic N) is 3. The Hall–Kier alpha value is -5.84. The third-order valence-electron chi connectivity index (χ3n) is 13.8. The molecular formula is C49H49N3O8. The van der Waals surface area contributed by atoms with Crippen LogP contribution in [0.2, 0.25) is 0 Å². The lowest BCUT2D eigenvalue weighted by atomic mass is 9.59. The van der Waals surface area contributed by atoms with E-state index in [9.17, 15) is 24.6 Å². The largest absolute Gasteiger partial charge is 0.457 e. The van der Waals surface area contributed by atoms with E-state index in [1.807, 2.05) is 111 Å². The van der Waals surface area contributed by atoms with Crippen molar-refractivity contribution in [3.05, 3.63) is 171 Å². The van der Waals surface area contributed by atoms with Crippen LogP contribution in [0.25, 0.3) is 10.4 Å². The van der Waals surface area contributed by atoms with Gasteiger partial charge in [0.15, 0.2) is 11.4 Å². The lowest BCUT2D eigenvalue weighted by Crippen LogP contribution is -2.66. The zero-order valence-electron chi connectivity index (χ0n) is 34.3. The van der Waals surface area contributed by atoms with Crippen LogP contribution in [0.4, 0.5) is 5.69 Å². The molecule has 0 bridgehead atoms. The summed E-state index contributed by atoms with van der Waals surface area (Å²) in [6.45, 7) is 8.52. The number of ketones is 1. The van der Waals surface area contributed by atoms with E-state index in [1.54, 1.807) is 44.2 Å². The average Bonchev–Trinajstić information content (AvgIpc) is 3.66. The Morgan fingerprint density at radius 3 is 1.93 bits per heavy atom. The molecule has 4 aromatic carbocycles. The highest BCUT2D eigenvalue weighted by atomic mass is 16.6. The van der Waals surface area contributed by atoms with Crippen LogP contribution in [0.3, 0.4) is 0 Å². The maximum absolute atomic E-state index is 14.2. The minimum absolute atomic E-state index is 0.0361. The fraction of sp³-hybridized carbons (Fsp3) is 0.367. The standard InChI is InChI=1S/C49H49N3O8/c1-30-25-40-46(56,43(30)55)28-34(29-58-48(35-15-9-6-10-16-35,36-17-11-7-12-18-36)37-19-13-8-14-20-37)26-39-42-45(4,5)49(42,60-32(3)53)44(31(2)47(39,40)57)59-41(54)27-33-21-23-38(24-22-33)51-52-50/h6-26,31,39-40,42,44,56-57H,27-29H2,1-5H3/t31-,39+,40-,42-,44-,46-,47-,49-/m1/s1. The summed E-state index contributed by atoms with van der Waals surface area (Å²) in [6.07, 6.45) is 2.15. The molecule has 11 heteroatoms. The molecule has 60 heavy (non-hydrogen) atoms. The van der Waals surface area contributed by atoms with Crippen LogP contribution in [0.5, 0.6) is 0 Å². The van der Waals surface area contributed by atoms with Gasteiger partial charge in [0, 0.05) is 53.0 Å². The van der Waals surface area contributed by atoms with Crippen molar-refractivity contribution in [2.75, 3.05) is 6.61 Å². The maximum atomic E-state index is 14.2. The van der Waals surface area contributed by atoms with Gasteiger partial charge in [0.25, 0.3) is 0 Å². The fourth-order valence-corrected chi connectivity index (χ4v) is 11.1. The summed E-state index contributed by atoms with van der Waals surface area (Å²) < 4.78 is 19.9. The summed E-state index contributed by atoms with van der Waals surface area (Å²) in [4.78, 5) is 44.0. The van der Waals surface area contributed by atoms with Crippen LogP contribution in [-0.4, -0.2) is 57.4 Å². The summed E-state index contributed by atoms with van der Waals surface area (Å²) >= 11 is 0. The molecule has 2 N–H and O–H groups in total. The first-order chi connectivity index (χ1) is 28.6. The lowest BCUT2D eigenvalue weighted by molar-refractivity contribution is -0.228. The second kappa shape index (κ2) is 15.0. The number of azide groups is 1. The molecule has 0 amide bonds. The summed E-state index contributed by atoms with van der Waals surface area (Å²) in [6, 6.07) is 36.2. The molecule has 8 atom stereocenters. The zero-order valence-corrected chi connectivity index (χ0v) is 34.3. The molecule has 8 rings (SSSR count). The Morgan fingerprint density at radius 2 is 1.42 bits per heavy atom. The predicted octanol–water partition coefficient (Wildman–Crippen LogP) is 8.25. The van der Waals surface area contributed by atoms with Crippen molar-refractivity contribution in [3.8, 4) is 0 Å². The van der Waals surface area contributed by atoms with Gasteiger partial charge in [0.2, 0.25) is 0 Å². The van der Waals surface area contributed by atoms with Gasteiger partial charge in [0.1, 0.15) is 17.3 Å². The van der Waals surface area contributed by atoms with Crippen molar-refractivity contribution >= 4 is 23.4 Å². The van der Waals surface area contributed by atoms with Crippen molar-refractivity contribution in [2.24, 2.45) is 34.2 Å². The van der Waals surface area contributed by atoms with Crippen LogP contribution < -0.4 is 0 Å². The molecule has 0 unspecified atom stereocenters. The minimum atomic E-state index is -2.06. The Balaban J connectivity index is 1.24. The number of carbonyl (C=O) groups excluding carboxylic acids is 3. The monoisotopic (exact) mass is 807 g/mol. The van der Waals surface area contributed by atoms with Crippen molar-refractivity contribution in [2.45, 2.75) is 76.0 Å². The first-order valence-electron chi connectivity index (χ1n) is 20.4. The van der Waals surface area contributed by atoms with Crippen LogP contribution in [0.1, 0.15) is 63.3 Å². The third kappa shape index (κ3) is 6.22. The van der Waals surface area contributed by atoms with Gasteiger partial charge in [-0.2, -0.15) is 0 Å². The molecule has 0 aliphatic heterocycles. The molecule has 2 saturated carbocycles. The van der Waals surface area contributed by atoms with E-state index in [0.717, 1.165) is 16.7 Å². The quantitative estimate of drug-likeness (QED) is 0.0382. The second-order valence-electron chi connectivity index (χ2n) is 17.4. The molecule has 0 radical (unpaired) electrons. The normalized spacial score (nSPS) is 29.9. The van der Waals surface area contributed by atoms with Crippen molar-refractivity contribution in [3.63, 3.8) is 0 Å². The maximum Gasteiger partial charge on any atom is 0.310 e. The number of hydrogen-bond donors (Lipinski definition) is 2. The van der Waals surface area contributed by atoms with Gasteiger partial charge in [-0.3, -0.25) is 14.4 Å². The second-order valence-corrected chi connectivity index (χ2v) is 17.4. The first kappa shape index (κ1) is 40.9. The van der Waals surface area contributed by atoms with E-state index in [4.69, 9.17) is 19.7 Å². The molecule has 0 heterocycles. The van der Waals surface area contributed by atoms with Crippen LogP contribution in [-0.2, 0) is 40.6 Å². The Labute approximate surface area is 349 Å². The average molecular weight is 808 g/mol. The SMILES string of the molecule is CC(=O)O[C@@]12[C@H](OC(=O)Cc3ccc(N=[N+]=[N-])cc3)[C@@H](C)[C@@]3(O)[C@@H](C=C(COC(c4ccccc4)(c4ccccc4)c4ccccc4)C[C@]4(O)C(=O)C(C)=C[C@@H]34)[C@@H]1C2(C)C. The number of rotatable bonds is 11. The third-order valence-corrected chi connectivity index (χ3v) is 13.8. The Morgan fingerprint density at radius 1 is 0.867 bits per heavy atom. The molecule has 4 aromatic rings. The van der Waals surface area contributed by atoms with E-state index in [-0.39, 0.29) is 19.4 Å². The predicted molar refractivity (Wildman–Crippen MR) is 223 cm³/mol. The highest BCUT2D eigenvalue weighted by Crippen LogP contribution is 2.77. The summed E-state index contributed by atoms with van der Waals surface area (Å²) in [5.74, 6) is -5.12. The summed E-state index contributed by atoms with van der Waals surface area (Å²) in [7, 11) is 0. The minimum Gasteiger partial charge on any atom is -0.457 e. The number of esters is 2. The highest BCUT2D eigenvalue weighted by Gasteiger charge is 2.87. The van der Waals surface area contributed by atoms with E-state index in [0.29, 0.717) is 22.4 Å². The topological polar surface area (TPSA) is 168 Å². The Kier molecular flexibility index (Phi) is 10.2. The fourth-order valence-electron chi connectivity index (χ4n) is 11.1. The van der Waals surface area contributed by atoms with Crippen molar-refractivity contribution < 1.29 is 38.8 Å². The molecule has 0 spiro atoms. The number of carbonyl (C=O) groups is 3. The van der Waals surface area contributed by atoms with Gasteiger partial charge in [-0.1, -0.05) is 153 Å². The molecule has 2 fully saturated rings. The van der Waals surface area contributed by atoms with Gasteiger partial charge in [-0.05, 0) is 45.9 Å². The number of Topliss-reactive ketones (excluding diaryl/α,β-unsaturated/α-hetero) is 1. The molecule has 4 aliphatic carbocycles. The molecule has 308 valence electrons. The molecule has 0 aromatic heterocycles. The highest BCUT2D eigenvalue weighted by molar-refractivity contribution is 6.05. The number of hydrogen-bond acceptors (Lipinski definition) is 9. The van der Waals surface area contributed by atoms with E-state index in [2.05, 4.69) is 10.0 Å². The first-order valence-corrected chi connectivity index (χ1v) is 20.4. The van der Waals surface area contributed by atoms with Crippen LogP contribution in [0.15, 0.2) is 144 Å². The van der Waals surface area contributed by atoms with Gasteiger partial charge >= 0.3 is 11.9 Å². The van der Waals surface area contributed by atoms with Crippen molar-refractivity contribution in [1.82, 2.24) is 0 Å². The number of ether oxygens (including phenoxy) is 3. The smallest absolute Gasteiger partial charge is 0.310 e. The molecular weight excluding hydrogens is 759 g/mol. The van der Waals surface area contributed by atoms with E-state index >= 15 is 0 Å². The zero-order chi connectivity index (χ0) is 42.7. The van der Waals surface area contributed by atoms with Crippen LogP contribution >= 0.6 is 0 Å². The summed E-state index contributed by atoms with van der Waals surface area (Å²) in [5, 5.41) is 29.9. The van der Waals surface area contributed by atoms with Crippen LogP contribution in [0, 0.1) is 29.1 Å². The number of aliphatic hydroxyl groups is 2.